The zero-order valence-corrected chi connectivity index (χ0v) is 13.4. The standard InChI is InChI=1S/C17H13ClN6/c18-15-4-1-3-14(11-15)17-20-22-24(21-17)12-13-5-7-16(8-6-13)23-10-2-9-19-23/h1-11H,12H2. The molecular formula is C17H13ClN6. The van der Waals surface area contributed by atoms with Crippen LogP contribution in [0.3, 0.4) is 0 Å². The van der Waals surface area contributed by atoms with Crippen LogP contribution in [0.5, 0.6) is 0 Å². The highest BCUT2D eigenvalue weighted by atomic mass is 35.5. The highest BCUT2D eigenvalue weighted by Gasteiger charge is 2.07. The third kappa shape index (κ3) is 3.04. The molecule has 0 saturated carbocycles. The number of halogens is 1. The molecule has 0 bridgehead atoms. The summed E-state index contributed by atoms with van der Waals surface area (Å²) in [6.07, 6.45) is 3.66. The van der Waals surface area contributed by atoms with Gasteiger partial charge in [-0.1, -0.05) is 35.9 Å². The molecule has 0 aliphatic rings. The Morgan fingerprint density at radius 3 is 2.62 bits per heavy atom. The average Bonchev–Trinajstić information content (AvgIpc) is 3.27. The zero-order chi connectivity index (χ0) is 16.4. The molecule has 0 atom stereocenters. The van der Waals surface area contributed by atoms with E-state index in [4.69, 9.17) is 11.6 Å². The lowest BCUT2D eigenvalue weighted by atomic mass is 10.2. The molecule has 4 rings (SSSR count). The fourth-order valence-corrected chi connectivity index (χ4v) is 2.58. The summed E-state index contributed by atoms with van der Waals surface area (Å²) in [5.41, 5.74) is 2.94. The molecule has 0 aliphatic heterocycles. The number of benzene rings is 2. The Kier molecular flexibility index (Phi) is 3.80. The highest BCUT2D eigenvalue weighted by Crippen LogP contribution is 2.18. The maximum Gasteiger partial charge on any atom is 0.204 e. The lowest BCUT2D eigenvalue weighted by molar-refractivity contribution is 0.572. The van der Waals surface area contributed by atoms with Crippen molar-refractivity contribution < 1.29 is 0 Å². The summed E-state index contributed by atoms with van der Waals surface area (Å²) in [4.78, 5) is 1.57. The molecule has 6 nitrogen and oxygen atoms in total. The molecule has 0 spiro atoms. The van der Waals surface area contributed by atoms with Crippen LogP contribution in [-0.4, -0.2) is 30.0 Å². The van der Waals surface area contributed by atoms with Crippen LogP contribution in [0.1, 0.15) is 5.56 Å². The molecule has 7 heteroatoms. The maximum atomic E-state index is 6.00. The number of hydrogen-bond acceptors (Lipinski definition) is 4. The molecule has 0 aliphatic carbocycles. The SMILES string of the molecule is Clc1cccc(-c2nnn(Cc3ccc(-n4cccn4)cc3)n2)c1. The smallest absolute Gasteiger partial charge is 0.204 e. The molecule has 118 valence electrons. The van der Waals surface area contributed by atoms with Gasteiger partial charge in [-0.2, -0.15) is 9.90 Å². The van der Waals surface area contributed by atoms with E-state index >= 15 is 0 Å². The van der Waals surface area contributed by atoms with Crippen LogP contribution in [0.2, 0.25) is 5.02 Å². The van der Waals surface area contributed by atoms with Crippen molar-refractivity contribution in [2.24, 2.45) is 0 Å². The van der Waals surface area contributed by atoms with Gasteiger partial charge in [-0.25, -0.2) is 4.68 Å². The van der Waals surface area contributed by atoms with Crippen molar-refractivity contribution in [2.75, 3.05) is 0 Å². The molecule has 0 radical (unpaired) electrons. The van der Waals surface area contributed by atoms with Crippen molar-refractivity contribution in [3.05, 3.63) is 77.6 Å². The second kappa shape index (κ2) is 6.25. The normalized spacial score (nSPS) is 10.9. The minimum absolute atomic E-state index is 0.549. The molecule has 4 aromatic rings. The van der Waals surface area contributed by atoms with E-state index in [-0.39, 0.29) is 0 Å². The fourth-order valence-electron chi connectivity index (χ4n) is 2.39. The Morgan fingerprint density at radius 1 is 1.00 bits per heavy atom. The van der Waals surface area contributed by atoms with E-state index in [1.165, 1.54) is 0 Å². The second-order valence-electron chi connectivity index (χ2n) is 5.27. The van der Waals surface area contributed by atoms with E-state index in [9.17, 15) is 0 Å². The summed E-state index contributed by atoms with van der Waals surface area (Å²) in [5, 5.41) is 17.5. The monoisotopic (exact) mass is 336 g/mol. The van der Waals surface area contributed by atoms with Crippen molar-refractivity contribution >= 4 is 11.6 Å². The third-order valence-electron chi connectivity index (χ3n) is 3.56. The van der Waals surface area contributed by atoms with Crippen molar-refractivity contribution in [3.63, 3.8) is 0 Å². The summed E-state index contributed by atoms with van der Waals surface area (Å²) >= 11 is 6.00. The number of hydrogen-bond donors (Lipinski definition) is 0. The van der Waals surface area contributed by atoms with E-state index < -0.39 is 0 Å². The number of aromatic nitrogens is 6. The predicted octanol–water partition coefficient (Wildman–Crippen LogP) is 3.23. The number of nitrogens with zero attached hydrogens (tertiary/aromatic N) is 6. The summed E-state index contributed by atoms with van der Waals surface area (Å²) in [7, 11) is 0. The van der Waals surface area contributed by atoms with Gasteiger partial charge in [0.2, 0.25) is 5.82 Å². The van der Waals surface area contributed by atoms with Gasteiger partial charge < -0.3 is 0 Å². The highest BCUT2D eigenvalue weighted by molar-refractivity contribution is 6.30. The summed E-state index contributed by atoms with van der Waals surface area (Å²) in [6.45, 7) is 0.549. The summed E-state index contributed by atoms with van der Waals surface area (Å²) < 4.78 is 1.81. The molecule has 0 saturated heterocycles. The topological polar surface area (TPSA) is 61.4 Å². The lowest BCUT2D eigenvalue weighted by Crippen LogP contribution is -2.04. The zero-order valence-electron chi connectivity index (χ0n) is 12.6. The van der Waals surface area contributed by atoms with Crippen molar-refractivity contribution in [1.82, 2.24) is 30.0 Å². The molecule has 2 aromatic carbocycles. The van der Waals surface area contributed by atoms with E-state index in [0.29, 0.717) is 17.4 Å². The fraction of sp³-hybridized carbons (Fsp3) is 0.0588. The van der Waals surface area contributed by atoms with E-state index in [1.807, 2.05) is 65.5 Å². The first-order valence-corrected chi connectivity index (χ1v) is 7.78. The molecule has 24 heavy (non-hydrogen) atoms. The van der Waals surface area contributed by atoms with Gasteiger partial charge in [0.1, 0.15) is 0 Å². The first kappa shape index (κ1) is 14.6. The molecule has 0 N–H and O–H groups in total. The van der Waals surface area contributed by atoms with Gasteiger partial charge in [0.25, 0.3) is 0 Å². The predicted molar refractivity (Wildman–Crippen MR) is 90.9 cm³/mol. The molecule has 0 unspecified atom stereocenters. The van der Waals surface area contributed by atoms with Crippen LogP contribution >= 0.6 is 11.6 Å². The summed E-state index contributed by atoms with van der Waals surface area (Å²) in [5.74, 6) is 0.561. The molecule has 2 aromatic heterocycles. The van der Waals surface area contributed by atoms with Gasteiger partial charge in [-0.3, -0.25) is 0 Å². The van der Waals surface area contributed by atoms with Crippen LogP contribution < -0.4 is 0 Å². The summed E-state index contributed by atoms with van der Waals surface area (Å²) in [6, 6.07) is 17.4. The van der Waals surface area contributed by atoms with Gasteiger partial charge in [0.05, 0.1) is 12.2 Å². The van der Waals surface area contributed by atoms with Crippen LogP contribution in [0.15, 0.2) is 67.0 Å². The third-order valence-corrected chi connectivity index (χ3v) is 3.80. The van der Waals surface area contributed by atoms with Gasteiger partial charge >= 0.3 is 0 Å². The van der Waals surface area contributed by atoms with Gasteiger partial charge in [-0.05, 0) is 41.1 Å². The first-order chi connectivity index (χ1) is 11.8. The van der Waals surface area contributed by atoms with E-state index in [1.54, 1.807) is 11.0 Å². The minimum atomic E-state index is 0.549. The average molecular weight is 337 g/mol. The van der Waals surface area contributed by atoms with Gasteiger partial charge in [-0.15, -0.1) is 10.2 Å². The van der Waals surface area contributed by atoms with Crippen molar-refractivity contribution in [2.45, 2.75) is 6.54 Å². The Labute approximate surface area is 143 Å². The van der Waals surface area contributed by atoms with Crippen LogP contribution in [0.4, 0.5) is 0 Å². The van der Waals surface area contributed by atoms with Gasteiger partial charge in [0.15, 0.2) is 0 Å². The van der Waals surface area contributed by atoms with E-state index in [0.717, 1.165) is 16.8 Å². The minimum Gasteiger partial charge on any atom is -0.241 e. The van der Waals surface area contributed by atoms with Crippen molar-refractivity contribution in [1.29, 1.82) is 0 Å². The lowest BCUT2D eigenvalue weighted by Gasteiger charge is -2.03. The van der Waals surface area contributed by atoms with Gasteiger partial charge in [0, 0.05) is 23.0 Å². The molecule has 0 amide bonds. The maximum absolute atomic E-state index is 6.00. The Morgan fingerprint density at radius 2 is 1.88 bits per heavy atom. The Bertz CT molecular complexity index is 943. The second-order valence-corrected chi connectivity index (χ2v) is 5.71. The van der Waals surface area contributed by atoms with Crippen LogP contribution in [0.25, 0.3) is 17.1 Å². The van der Waals surface area contributed by atoms with Crippen LogP contribution in [-0.2, 0) is 6.54 Å². The van der Waals surface area contributed by atoms with Crippen molar-refractivity contribution in [3.8, 4) is 17.1 Å². The first-order valence-electron chi connectivity index (χ1n) is 7.41. The Hall–Kier alpha value is -2.99. The number of rotatable bonds is 4. The molecular weight excluding hydrogens is 324 g/mol. The quantitative estimate of drug-likeness (QED) is 0.574. The number of tetrazole rings is 1. The Balaban J connectivity index is 1.52. The largest absolute Gasteiger partial charge is 0.241 e. The van der Waals surface area contributed by atoms with E-state index in [2.05, 4.69) is 20.5 Å². The molecule has 2 heterocycles. The molecule has 0 fully saturated rings. The van der Waals surface area contributed by atoms with Crippen LogP contribution in [0, 0.1) is 0 Å².